The van der Waals surface area contributed by atoms with Gasteiger partial charge in [0.2, 0.25) is 11.5 Å². The largest absolute Gasteiger partial charge is 0.438 e. The Balaban J connectivity index is 2.21. The molecule has 0 aliphatic heterocycles. The summed E-state index contributed by atoms with van der Waals surface area (Å²) in [4.78, 5) is 27.9. The molecular formula is C19H12ClN3O3. The second-order valence-corrected chi connectivity index (χ2v) is 5.86. The molecule has 0 unspecified atom stereocenters. The van der Waals surface area contributed by atoms with E-state index in [-0.39, 0.29) is 11.1 Å². The molecule has 0 spiro atoms. The van der Waals surface area contributed by atoms with Crippen LogP contribution in [0.1, 0.15) is 22.8 Å². The molecule has 3 rings (SSSR count). The third kappa shape index (κ3) is 3.79. The van der Waals surface area contributed by atoms with Crippen molar-refractivity contribution in [1.82, 2.24) is 5.32 Å². The van der Waals surface area contributed by atoms with Gasteiger partial charge in [0, 0.05) is 17.3 Å². The fraction of sp³-hybridized carbons (Fsp3) is 0.0526. The lowest BCUT2D eigenvalue weighted by Crippen LogP contribution is -2.32. The Morgan fingerprint density at radius 1 is 1.15 bits per heavy atom. The molecule has 0 saturated carbocycles. The van der Waals surface area contributed by atoms with Crippen LogP contribution in [0, 0.1) is 11.3 Å². The van der Waals surface area contributed by atoms with E-state index >= 15 is 0 Å². The maximum absolute atomic E-state index is 12.4. The summed E-state index contributed by atoms with van der Waals surface area (Å²) in [6.07, 6.45) is 0. The average molecular weight is 366 g/mol. The summed E-state index contributed by atoms with van der Waals surface area (Å²) in [5.41, 5.74) is 1.62. The summed E-state index contributed by atoms with van der Waals surface area (Å²) >= 11 is 5.99. The molecule has 0 bridgehead atoms. The maximum Gasteiger partial charge on any atom is 0.263 e. The topological polar surface area (TPSA) is 95.5 Å². The highest BCUT2D eigenvalue weighted by atomic mass is 35.5. The molecule has 1 heterocycles. The van der Waals surface area contributed by atoms with Crippen LogP contribution in [-0.2, 0) is 4.79 Å². The normalized spacial score (nSPS) is 11.2. The van der Waals surface area contributed by atoms with Crippen molar-refractivity contribution >= 4 is 40.1 Å². The molecule has 128 valence electrons. The number of rotatable bonds is 2. The molecule has 3 aromatic rings. The molecule has 1 aromatic heterocycles. The second kappa shape index (κ2) is 7.21. The van der Waals surface area contributed by atoms with E-state index in [1.165, 1.54) is 6.92 Å². The summed E-state index contributed by atoms with van der Waals surface area (Å²) < 4.78 is 5.75. The van der Waals surface area contributed by atoms with E-state index in [1.54, 1.807) is 48.5 Å². The minimum absolute atomic E-state index is 0.0447. The van der Waals surface area contributed by atoms with Crippen molar-refractivity contribution in [3.63, 3.8) is 0 Å². The number of nitrogens with one attached hydrogen (secondary N) is 1. The second-order valence-electron chi connectivity index (χ2n) is 5.43. The SMILES string of the molecule is CC(=O)NC(=O)c1cc2cc(Cl)ccc2oc1=Nc1ccc(C#N)cc1. The summed E-state index contributed by atoms with van der Waals surface area (Å²) in [5.74, 6) is -1.12. The number of fused-ring (bicyclic) bond motifs is 1. The van der Waals surface area contributed by atoms with Gasteiger partial charge in [-0.25, -0.2) is 4.99 Å². The summed E-state index contributed by atoms with van der Waals surface area (Å²) in [5, 5.41) is 12.2. The molecule has 2 aromatic carbocycles. The Labute approximate surface area is 153 Å². The predicted molar refractivity (Wildman–Crippen MR) is 95.8 cm³/mol. The van der Waals surface area contributed by atoms with Crippen LogP contribution < -0.4 is 10.9 Å². The zero-order valence-electron chi connectivity index (χ0n) is 13.6. The first-order chi connectivity index (χ1) is 12.5. The number of carbonyl (C=O) groups excluding carboxylic acids is 2. The van der Waals surface area contributed by atoms with Crippen molar-refractivity contribution in [2.24, 2.45) is 4.99 Å². The molecule has 26 heavy (non-hydrogen) atoms. The molecule has 0 radical (unpaired) electrons. The van der Waals surface area contributed by atoms with Crippen LogP contribution in [-0.4, -0.2) is 11.8 Å². The minimum atomic E-state index is -0.629. The number of halogens is 1. The number of nitrogens with zero attached hydrogens (tertiary/aromatic N) is 2. The van der Waals surface area contributed by atoms with Crippen LogP contribution in [0.5, 0.6) is 0 Å². The lowest BCUT2D eigenvalue weighted by molar-refractivity contribution is -0.118. The van der Waals surface area contributed by atoms with Crippen molar-refractivity contribution in [2.45, 2.75) is 6.92 Å². The van der Waals surface area contributed by atoms with Gasteiger partial charge < -0.3 is 4.42 Å². The van der Waals surface area contributed by atoms with E-state index in [1.807, 2.05) is 6.07 Å². The number of benzene rings is 2. The Bertz CT molecular complexity index is 1130. The molecule has 6 nitrogen and oxygen atoms in total. The standard InChI is InChI=1S/C19H12ClN3O3/c1-11(24)22-18(25)16-9-13-8-14(20)4-7-17(13)26-19(16)23-15-5-2-12(10-21)3-6-15/h2-9H,1H3,(H,22,24,25). The molecule has 0 aliphatic rings. The van der Waals surface area contributed by atoms with Crippen LogP contribution in [0.25, 0.3) is 11.0 Å². The maximum atomic E-state index is 12.4. The lowest BCUT2D eigenvalue weighted by atomic mass is 10.1. The van der Waals surface area contributed by atoms with Crippen LogP contribution in [0.4, 0.5) is 5.69 Å². The van der Waals surface area contributed by atoms with Crippen LogP contribution in [0.2, 0.25) is 5.02 Å². The van der Waals surface area contributed by atoms with Gasteiger partial charge in [0.15, 0.2) is 0 Å². The molecule has 0 aliphatic carbocycles. The van der Waals surface area contributed by atoms with Gasteiger partial charge in [-0.3, -0.25) is 14.9 Å². The van der Waals surface area contributed by atoms with Crippen molar-refractivity contribution in [3.8, 4) is 6.07 Å². The van der Waals surface area contributed by atoms with E-state index in [0.29, 0.717) is 27.2 Å². The first-order valence-electron chi connectivity index (χ1n) is 7.56. The van der Waals surface area contributed by atoms with Gasteiger partial charge in [-0.05, 0) is 48.5 Å². The number of nitriles is 1. The summed E-state index contributed by atoms with van der Waals surface area (Å²) in [6, 6.07) is 15.0. The molecule has 7 heteroatoms. The van der Waals surface area contributed by atoms with E-state index in [0.717, 1.165) is 0 Å². The molecule has 0 saturated heterocycles. The van der Waals surface area contributed by atoms with E-state index in [2.05, 4.69) is 10.3 Å². The monoisotopic (exact) mass is 365 g/mol. The number of hydrogen-bond acceptors (Lipinski definition) is 5. The Morgan fingerprint density at radius 2 is 1.88 bits per heavy atom. The molecule has 2 amide bonds. The van der Waals surface area contributed by atoms with E-state index in [9.17, 15) is 9.59 Å². The highest BCUT2D eigenvalue weighted by Gasteiger charge is 2.14. The number of amides is 2. The third-order valence-corrected chi connectivity index (χ3v) is 3.71. The minimum Gasteiger partial charge on any atom is -0.438 e. The van der Waals surface area contributed by atoms with Crippen molar-refractivity contribution in [2.75, 3.05) is 0 Å². The number of carbonyl (C=O) groups is 2. The van der Waals surface area contributed by atoms with Gasteiger partial charge in [0.25, 0.3) is 5.91 Å². The zero-order valence-corrected chi connectivity index (χ0v) is 14.4. The quantitative estimate of drug-likeness (QED) is 0.752. The fourth-order valence-corrected chi connectivity index (χ4v) is 2.48. The van der Waals surface area contributed by atoms with E-state index in [4.69, 9.17) is 21.3 Å². The van der Waals surface area contributed by atoms with Crippen molar-refractivity contribution < 1.29 is 14.0 Å². The summed E-state index contributed by atoms with van der Waals surface area (Å²) in [7, 11) is 0. The zero-order chi connectivity index (χ0) is 18.7. The van der Waals surface area contributed by atoms with Crippen LogP contribution in [0.3, 0.4) is 0 Å². The Hall–Kier alpha value is -3.43. The molecule has 0 fully saturated rings. The van der Waals surface area contributed by atoms with Gasteiger partial charge >= 0.3 is 0 Å². The first kappa shape index (κ1) is 17.4. The Kier molecular flexibility index (Phi) is 4.83. The molecule has 0 atom stereocenters. The third-order valence-electron chi connectivity index (χ3n) is 3.47. The van der Waals surface area contributed by atoms with Crippen LogP contribution >= 0.6 is 11.6 Å². The van der Waals surface area contributed by atoms with Crippen molar-refractivity contribution in [1.29, 1.82) is 5.26 Å². The highest BCUT2D eigenvalue weighted by Crippen LogP contribution is 2.20. The Morgan fingerprint density at radius 3 is 2.54 bits per heavy atom. The average Bonchev–Trinajstić information content (AvgIpc) is 2.61. The smallest absolute Gasteiger partial charge is 0.263 e. The first-order valence-corrected chi connectivity index (χ1v) is 7.94. The van der Waals surface area contributed by atoms with Crippen molar-refractivity contribution in [3.05, 3.63) is 70.2 Å². The number of imide groups is 1. The van der Waals surface area contributed by atoms with Gasteiger partial charge in [0.1, 0.15) is 11.1 Å². The lowest BCUT2D eigenvalue weighted by Gasteiger charge is -2.05. The van der Waals surface area contributed by atoms with Gasteiger partial charge in [-0.2, -0.15) is 5.26 Å². The van der Waals surface area contributed by atoms with Gasteiger partial charge in [-0.1, -0.05) is 11.6 Å². The highest BCUT2D eigenvalue weighted by molar-refractivity contribution is 6.31. The number of hydrogen-bond donors (Lipinski definition) is 1. The van der Waals surface area contributed by atoms with Gasteiger partial charge in [0.05, 0.1) is 17.3 Å². The molecule has 1 N–H and O–H groups in total. The molecular weight excluding hydrogens is 354 g/mol. The predicted octanol–water partition coefficient (Wildman–Crippen LogP) is 3.47. The van der Waals surface area contributed by atoms with E-state index < -0.39 is 11.8 Å². The van der Waals surface area contributed by atoms with Gasteiger partial charge in [-0.15, -0.1) is 0 Å². The van der Waals surface area contributed by atoms with Crippen LogP contribution in [0.15, 0.2) is 57.9 Å². The summed E-state index contributed by atoms with van der Waals surface area (Å²) in [6.45, 7) is 1.24. The fourth-order valence-electron chi connectivity index (χ4n) is 2.30.